The molecule has 20 heavy (non-hydrogen) atoms. The molecule has 1 amide bonds. The Labute approximate surface area is 127 Å². The van der Waals surface area contributed by atoms with Gasteiger partial charge in [-0.3, -0.25) is 4.79 Å². The van der Waals surface area contributed by atoms with Crippen molar-refractivity contribution in [3.05, 3.63) is 75.8 Å². The Morgan fingerprint density at radius 1 is 1.20 bits per heavy atom. The van der Waals surface area contributed by atoms with Crippen molar-refractivity contribution in [2.45, 2.75) is 13.5 Å². The number of carbonyl (C=O) groups is 1. The number of carbonyl (C=O) groups excluding carboxylic acids is 1. The highest BCUT2D eigenvalue weighted by molar-refractivity contribution is 9.10. The molecule has 102 valence electrons. The molecular weight excluding hydrogens is 314 g/mol. The van der Waals surface area contributed by atoms with Crippen LogP contribution < -0.4 is 5.32 Å². The topological polar surface area (TPSA) is 29.1 Å². The molecule has 2 aromatic rings. The van der Waals surface area contributed by atoms with Gasteiger partial charge in [0.2, 0.25) is 5.91 Å². The molecule has 0 spiro atoms. The van der Waals surface area contributed by atoms with Crippen LogP contribution in [0.25, 0.3) is 6.08 Å². The van der Waals surface area contributed by atoms with Crippen molar-refractivity contribution in [1.29, 1.82) is 0 Å². The van der Waals surface area contributed by atoms with E-state index in [1.807, 2.05) is 55.5 Å². The zero-order valence-corrected chi connectivity index (χ0v) is 12.9. The lowest BCUT2D eigenvalue weighted by molar-refractivity contribution is -0.116. The first-order valence-corrected chi connectivity index (χ1v) is 7.20. The van der Waals surface area contributed by atoms with Crippen LogP contribution in [0.4, 0.5) is 0 Å². The number of amides is 1. The van der Waals surface area contributed by atoms with Gasteiger partial charge in [0, 0.05) is 17.1 Å². The molecule has 0 unspecified atom stereocenters. The Kier molecular flexibility index (Phi) is 5.13. The Balaban J connectivity index is 1.91. The maximum atomic E-state index is 11.8. The predicted molar refractivity (Wildman–Crippen MR) is 86.2 cm³/mol. The van der Waals surface area contributed by atoms with Crippen LogP contribution in [-0.2, 0) is 11.3 Å². The van der Waals surface area contributed by atoms with Crippen LogP contribution in [0.3, 0.4) is 0 Å². The molecule has 2 rings (SSSR count). The Morgan fingerprint density at radius 2 is 2.00 bits per heavy atom. The lowest BCUT2D eigenvalue weighted by Crippen LogP contribution is -2.20. The fraction of sp³-hybridized carbons (Fsp3) is 0.118. The summed E-state index contributed by atoms with van der Waals surface area (Å²) in [4.78, 5) is 11.8. The maximum Gasteiger partial charge on any atom is 0.244 e. The third-order valence-electron chi connectivity index (χ3n) is 2.99. The van der Waals surface area contributed by atoms with Crippen LogP contribution in [0, 0.1) is 6.92 Å². The van der Waals surface area contributed by atoms with Crippen molar-refractivity contribution in [2.24, 2.45) is 0 Å². The minimum Gasteiger partial charge on any atom is -0.348 e. The smallest absolute Gasteiger partial charge is 0.244 e. The van der Waals surface area contributed by atoms with Gasteiger partial charge < -0.3 is 5.32 Å². The maximum absolute atomic E-state index is 11.8. The molecule has 0 heterocycles. The van der Waals surface area contributed by atoms with Gasteiger partial charge in [-0.2, -0.15) is 0 Å². The second-order valence-electron chi connectivity index (χ2n) is 4.53. The van der Waals surface area contributed by atoms with Gasteiger partial charge in [0.25, 0.3) is 0 Å². The summed E-state index contributed by atoms with van der Waals surface area (Å²) in [6.45, 7) is 2.59. The molecule has 0 aliphatic carbocycles. The Morgan fingerprint density at radius 3 is 2.75 bits per heavy atom. The van der Waals surface area contributed by atoms with Crippen LogP contribution in [0.15, 0.2) is 59.1 Å². The molecule has 0 bridgehead atoms. The molecule has 0 aromatic heterocycles. The van der Waals surface area contributed by atoms with E-state index in [2.05, 4.69) is 21.2 Å². The average Bonchev–Trinajstić information content (AvgIpc) is 2.44. The van der Waals surface area contributed by atoms with E-state index < -0.39 is 0 Å². The standard InChI is InChI=1S/C17H16BrNO/c1-13-5-2-3-7-15(13)12-19-17(20)10-9-14-6-4-8-16(18)11-14/h2-11H,12H2,1H3,(H,19,20)/b10-9+. The lowest BCUT2D eigenvalue weighted by atomic mass is 10.1. The first-order chi connectivity index (χ1) is 9.65. The minimum atomic E-state index is -0.0896. The van der Waals surface area contributed by atoms with Crippen molar-refractivity contribution in [1.82, 2.24) is 5.32 Å². The van der Waals surface area contributed by atoms with Crippen LogP contribution in [-0.4, -0.2) is 5.91 Å². The van der Waals surface area contributed by atoms with Gasteiger partial charge >= 0.3 is 0 Å². The van der Waals surface area contributed by atoms with E-state index in [1.165, 1.54) is 5.56 Å². The van der Waals surface area contributed by atoms with Crippen molar-refractivity contribution < 1.29 is 4.79 Å². The highest BCUT2D eigenvalue weighted by atomic mass is 79.9. The summed E-state index contributed by atoms with van der Waals surface area (Å²) in [5, 5.41) is 2.89. The van der Waals surface area contributed by atoms with Gasteiger partial charge in [-0.05, 0) is 41.8 Å². The normalized spacial score (nSPS) is 10.7. The third-order valence-corrected chi connectivity index (χ3v) is 3.48. The second kappa shape index (κ2) is 7.06. The minimum absolute atomic E-state index is 0.0896. The number of nitrogens with one attached hydrogen (secondary N) is 1. The van der Waals surface area contributed by atoms with E-state index >= 15 is 0 Å². The summed E-state index contributed by atoms with van der Waals surface area (Å²) < 4.78 is 1.000. The van der Waals surface area contributed by atoms with E-state index in [9.17, 15) is 4.79 Å². The second-order valence-corrected chi connectivity index (χ2v) is 5.45. The molecule has 0 aliphatic rings. The molecule has 2 aromatic carbocycles. The highest BCUT2D eigenvalue weighted by Gasteiger charge is 1.99. The number of benzene rings is 2. The van der Waals surface area contributed by atoms with E-state index in [-0.39, 0.29) is 5.91 Å². The summed E-state index contributed by atoms with van der Waals surface area (Å²) in [6, 6.07) is 15.8. The zero-order chi connectivity index (χ0) is 14.4. The van der Waals surface area contributed by atoms with Crippen molar-refractivity contribution >= 4 is 27.9 Å². The number of aryl methyl sites for hydroxylation is 1. The van der Waals surface area contributed by atoms with Crippen molar-refractivity contribution in [2.75, 3.05) is 0 Å². The number of hydrogen-bond donors (Lipinski definition) is 1. The summed E-state index contributed by atoms with van der Waals surface area (Å²) in [6.07, 6.45) is 3.36. The molecule has 2 nitrogen and oxygen atoms in total. The van der Waals surface area contributed by atoms with Gasteiger partial charge in [-0.25, -0.2) is 0 Å². The van der Waals surface area contributed by atoms with Gasteiger partial charge in [0.1, 0.15) is 0 Å². The SMILES string of the molecule is Cc1ccccc1CNC(=O)/C=C/c1cccc(Br)c1. The summed E-state index contributed by atoms with van der Waals surface area (Å²) in [5.74, 6) is -0.0896. The molecule has 0 fully saturated rings. The van der Waals surface area contributed by atoms with Crippen LogP contribution in [0.1, 0.15) is 16.7 Å². The van der Waals surface area contributed by atoms with E-state index in [4.69, 9.17) is 0 Å². The van der Waals surface area contributed by atoms with E-state index in [1.54, 1.807) is 12.2 Å². The summed E-state index contributed by atoms with van der Waals surface area (Å²) in [5.41, 5.74) is 3.31. The summed E-state index contributed by atoms with van der Waals surface area (Å²) >= 11 is 3.40. The number of halogens is 1. The predicted octanol–water partition coefficient (Wildman–Crippen LogP) is 4.09. The van der Waals surface area contributed by atoms with Gasteiger partial charge in [0.05, 0.1) is 0 Å². The monoisotopic (exact) mass is 329 g/mol. The number of rotatable bonds is 4. The molecule has 0 atom stereocenters. The number of hydrogen-bond acceptors (Lipinski definition) is 1. The Hall–Kier alpha value is -1.87. The van der Waals surface area contributed by atoms with Crippen molar-refractivity contribution in [3.8, 4) is 0 Å². The Bertz CT molecular complexity index is 634. The average molecular weight is 330 g/mol. The molecule has 0 saturated carbocycles. The first kappa shape index (κ1) is 14.5. The molecular formula is C17H16BrNO. The quantitative estimate of drug-likeness (QED) is 0.841. The van der Waals surface area contributed by atoms with Crippen LogP contribution >= 0.6 is 15.9 Å². The molecule has 0 saturated heterocycles. The molecule has 0 aliphatic heterocycles. The third kappa shape index (κ3) is 4.35. The highest BCUT2D eigenvalue weighted by Crippen LogP contribution is 2.12. The van der Waals surface area contributed by atoms with Crippen LogP contribution in [0.5, 0.6) is 0 Å². The van der Waals surface area contributed by atoms with Crippen molar-refractivity contribution in [3.63, 3.8) is 0 Å². The molecule has 3 heteroatoms. The lowest BCUT2D eigenvalue weighted by Gasteiger charge is -2.05. The van der Waals surface area contributed by atoms with Gasteiger partial charge in [-0.1, -0.05) is 52.3 Å². The fourth-order valence-electron chi connectivity index (χ4n) is 1.83. The molecule has 1 N–H and O–H groups in total. The van der Waals surface area contributed by atoms with E-state index in [0.717, 1.165) is 15.6 Å². The fourth-order valence-corrected chi connectivity index (χ4v) is 2.25. The zero-order valence-electron chi connectivity index (χ0n) is 11.3. The van der Waals surface area contributed by atoms with Gasteiger partial charge in [0.15, 0.2) is 0 Å². The molecule has 0 radical (unpaired) electrons. The van der Waals surface area contributed by atoms with E-state index in [0.29, 0.717) is 6.54 Å². The first-order valence-electron chi connectivity index (χ1n) is 6.41. The summed E-state index contributed by atoms with van der Waals surface area (Å²) in [7, 11) is 0. The van der Waals surface area contributed by atoms with Crippen LogP contribution in [0.2, 0.25) is 0 Å². The van der Waals surface area contributed by atoms with Gasteiger partial charge in [-0.15, -0.1) is 0 Å². The largest absolute Gasteiger partial charge is 0.348 e.